The Morgan fingerprint density at radius 3 is 2.57 bits per heavy atom. The fraction of sp³-hybridized carbons (Fsp3) is 0.467. The van der Waals surface area contributed by atoms with Crippen molar-refractivity contribution in [2.24, 2.45) is 5.92 Å². The third kappa shape index (κ3) is 6.89. The molecule has 1 aliphatic heterocycles. The molecule has 1 fully saturated rings. The molecule has 2 aliphatic rings. The zero-order chi connectivity index (χ0) is 26.7. The van der Waals surface area contributed by atoms with Crippen LogP contribution in [0.4, 0.5) is 0 Å². The molecule has 0 saturated carbocycles. The number of hydrogen-bond donors (Lipinski definition) is 1. The van der Waals surface area contributed by atoms with Gasteiger partial charge in [-0.3, -0.25) is 9.09 Å². The number of ether oxygens (including phenoxy) is 1. The fourth-order valence-corrected chi connectivity index (χ4v) is 6.66. The molecule has 4 rings (SSSR count). The van der Waals surface area contributed by atoms with Gasteiger partial charge in [-0.15, -0.1) is 0 Å². The highest BCUT2D eigenvalue weighted by atomic mass is 35.5. The van der Waals surface area contributed by atoms with Crippen LogP contribution < -0.4 is 4.74 Å². The molecule has 0 amide bonds. The molecule has 0 spiro atoms. The van der Waals surface area contributed by atoms with Crippen LogP contribution in [0.2, 0.25) is 0 Å². The number of halogens is 1. The van der Waals surface area contributed by atoms with Gasteiger partial charge in [0, 0.05) is 11.5 Å². The Hall–Kier alpha value is -2.04. The summed E-state index contributed by atoms with van der Waals surface area (Å²) >= 11 is 6.32. The van der Waals surface area contributed by atoms with Gasteiger partial charge >= 0.3 is 7.60 Å². The van der Waals surface area contributed by atoms with Crippen LogP contribution in [-0.2, 0) is 20.0 Å². The molecule has 1 saturated heterocycles. The molecule has 1 N–H and O–H groups in total. The molecule has 3 unspecified atom stereocenters. The van der Waals surface area contributed by atoms with Gasteiger partial charge in [-0.25, -0.2) is 0 Å². The molecular weight excluding hydrogens is 507 g/mol. The maximum absolute atomic E-state index is 13.4. The molecule has 5 nitrogen and oxygen atoms in total. The maximum Gasteiger partial charge on any atom is 0.368 e. The highest BCUT2D eigenvalue weighted by molar-refractivity contribution is 7.53. The lowest BCUT2D eigenvalue weighted by molar-refractivity contribution is 0.0894. The molecule has 2 aromatic carbocycles. The number of aromatic hydroxyl groups is 1. The van der Waals surface area contributed by atoms with Crippen molar-refractivity contribution in [2.45, 2.75) is 72.3 Å². The minimum absolute atomic E-state index is 0.127. The Labute approximate surface area is 226 Å². The summed E-state index contributed by atoms with van der Waals surface area (Å²) in [5.74, 6) is 1.55. The second kappa shape index (κ2) is 11.8. The van der Waals surface area contributed by atoms with Gasteiger partial charge in [0.05, 0.1) is 12.7 Å². The summed E-state index contributed by atoms with van der Waals surface area (Å²) in [5.41, 5.74) is 6.62. The Morgan fingerprint density at radius 1 is 1.14 bits per heavy atom. The van der Waals surface area contributed by atoms with E-state index < -0.39 is 7.60 Å². The van der Waals surface area contributed by atoms with Gasteiger partial charge in [-0.1, -0.05) is 50.6 Å². The van der Waals surface area contributed by atoms with E-state index in [9.17, 15) is 9.67 Å². The van der Waals surface area contributed by atoms with Gasteiger partial charge in [0.1, 0.15) is 11.5 Å². The third-order valence-corrected chi connectivity index (χ3v) is 9.41. The van der Waals surface area contributed by atoms with Gasteiger partial charge in [0.2, 0.25) is 0 Å². The molecule has 200 valence electrons. The van der Waals surface area contributed by atoms with E-state index in [4.69, 9.17) is 25.4 Å². The van der Waals surface area contributed by atoms with Crippen LogP contribution in [0, 0.1) is 19.8 Å². The molecule has 1 aliphatic carbocycles. The van der Waals surface area contributed by atoms with E-state index in [0.717, 1.165) is 52.1 Å². The summed E-state index contributed by atoms with van der Waals surface area (Å²) in [6.45, 7) is 10.8. The largest absolute Gasteiger partial charge is 0.508 e. The summed E-state index contributed by atoms with van der Waals surface area (Å²) in [5, 5.41) is 11.0. The lowest BCUT2D eigenvalue weighted by Gasteiger charge is -2.31. The quantitative estimate of drug-likeness (QED) is 0.354. The van der Waals surface area contributed by atoms with E-state index in [-0.39, 0.29) is 18.4 Å². The van der Waals surface area contributed by atoms with Crippen molar-refractivity contribution in [3.8, 4) is 11.5 Å². The average Bonchev–Trinajstić information content (AvgIpc) is 3.02. The van der Waals surface area contributed by atoms with Crippen LogP contribution in [0.5, 0.6) is 11.5 Å². The Morgan fingerprint density at radius 2 is 1.86 bits per heavy atom. The van der Waals surface area contributed by atoms with Crippen molar-refractivity contribution in [3.63, 3.8) is 0 Å². The van der Waals surface area contributed by atoms with Crippen molar-refractivity contribution in [1.82, 2.24) is 0 Å². The zero-order valence-electron chi connectivity index (χ0n) is 22.4. The lowest BCUT2D eigenvalue weighted by Crippen LogP contribution is -2.24. The Balaban J connectivity index is 1.43. The first-order chi connectivity index (χ1) is 17.5. The van der Waals surface area contributed by atoms with Gasteiger partial charge in [-0.05, 0) is 103 Å². The predicted molar refractivity (Wildman–Crippen MR) is 150 cm³/mol. The highest BCUT2D eigenvalue weighted by Gasteiger charge is 2.36. The number of aryl methyl sites for hydroxylation is 2. The SMILES string of the molecule is Cc1cc(OCP2(=O)OCCC(C3=CC=C(Cl)C(C)CC3)O2)cc(C)c1Cc1ccc(O)c(C(C)C)c1. The van der Waals surface area contributed by atoms with Crippen LogP contribution in [0.1, 0.15) is 73.8 Å². The topological polar surface area (TPSA) is 65.0 Å². The second-order valence-corrected chi connectivity index (χ2v) is 13.0. The van der Waals surface area contributed by atoms with Crippen molar-refractivity contribution >= 4 is 19.2 Å². The molecule has 2 aromatic rings. The van der Waals surface area contributed by atoms with Crippen LogP contribution >= 0.6 is 19.2 Å². The van der Waals surface area contributed by atoms with E-state index in [0.29, 0.717) is 30.4 Å². The zero-order valence-corrected chi connectivity index (χ0v) is 24.1. The first-order valence-corrected chi connectivity index (χ1v) is 15.2. The van der Waals surface area contributed by atoms with E-state index in [1.165, 1.54) is 5.56 Å². The van der Waals surface area contributed by atoms with E-state index >= 15 is 0 Å². The molecule has 3 atom stereocenters. The lowest BCUT2D eigenvalue weighted by atomic mass is 9.93. The smallest absolute Gasteiger partial charge is 0.368 e. The Bertz CT molecular complexity index is 1230. The van der Waals surface area contributed by atoms with E-state index in [1.54, 1.807) is 6.07 Å². The number of allylic oxidation sites excluding steroid dienone is 3. The summed E-state index contributed by atoms with van der Waals surface area (Å²) in [6, 6.07) is 9.78. The standard InChI is InChI=1S/C30H38ClO5P/c1-19(2)26-16-23(7-11-29(26)32)17-27-21(4)14-25(15-22(27)5)34-18-37(33)35-13-12-30(36-37)24-8-6-20(3)28(31)10-9-24/h7,9-11,14-16,19-20,30,32H,6,8,12-13,17-18H2,1-5H3. The average molecular weight is 545 g/mol. The molecule has 0 aromatic heterocycles. The monoisotopic (exact) mass is 544 g/mol. The molecular formula is C30H38ClO5P. The molecule has 1 heterocycles. The van der Waals surface area contributed by atoms with Crippen LogP contribution in [0.3, 0.4) is 0 Å². The summed E-state index contributed by atoms with van der Waals surface area (Å²) < 4.78 is 31.0. The molecule has 0 radical (unpaired) electrons. The molecule has 37 heavy (non-hydrogen) atoms. The molecule has 7 heteroatoms. The number of phenols is 1. The van der Waals surface area contributed by atoms with Crippen LogP contribution in [0.15, 0.2) is 53.1 Å². The number of hydrogen-bond acceptors (Lipinski definition) is 5. The summed E-state index contributed by atoms with van der Waals surface area (Å²) in [4.78, 5) is 0. The van der Waals surface area contributed by atoms with E-state index in [1.807, 2.05) is 30.4 Å². The predicted octanol–water partition coefficient (Wildman–Crippen LogP) is 8.54. The van der Waals surface area contributed by atoms with Crippen LogP contribution in [-0.4, -0.2) is 24.2 Å². The van der Waals surface area contributed by atoms with Gasteiger partial charge in [0.25, 0.3) is 0 Å². The third-order valence-electron chi connectivity index (χ3n) is 7.32. The van der Waals surface area contributed by atoms with Crippen molar-refractivity contribution in [1.29, 1.82) is 0 Å². The normalized spacial score (nSPS) is 24.4. The first-order valence-electron chi connectivity index (χ1n) is 13.1. The van der Waals surface area contributed by atoms with Gasteiger partial charge < -0.3 is 14.4 Å². The highest BCUT2D eigenvalue weighted by Crippen LogP contribution is 2.54. The first kappa shape index (κ1) is 28.0. The van der Waals surface area contributed by atoms with Gasteiger partial charge in [-0.2, -0.15) is 0 Å². The fourth-order valence-electron chi connectivity index (χ4n) is 4.97. The second-order valence-electron chi connectivity index (χ2n) is 10.6. The minimum Gasteiger partial charge on any atom is -0.508 e. The number of benzene rings is 2. The van der Waals surface area contributed by atoms with Gasteiger partial charge in [0.15, 0.2) is 6.35 Å². The minimum atomic E-state index is -3.40. The van der Waals surface area contributed by atoms with Crippen molar-refractivity contribution in [2.75, 3.05) is 13.0 Å². The molecule has 0 bridgehead atoms. The summed E-state index contributed by atoms with van der Waals surface area (Å²) in [6.07, 6.45) is 6.80. The van der Waals surface area contributed by atoms with Crippen molar-refractivity contribution in [3.05, 3.63) is 80.9 Å². The van der Waals surface area contributed by atoms with Crippen molar-refractivity contribution < 1.29 is 23.5 Å². The number of rotatable bonds is 7. The van der Waals surface area contributed by atoms with E-state index in [2.05, 4.69) is 40.7 Å². The summed E-state index contributed by atoms with van der Waals surface area (Å²) in [7, 11) is -3.40. The Kier molecular flexibility index (Phi) is 8.91. The maximum atomic E-state index is 13.4. The number of phenolic OH excluding ortho intramolecular Hbond substituents is 1. The van der Waals surface area contributed by atoms with Crippen LogP contribution in [0.25, 0.3) is 0 Å².